The van der Waals surface area contributed by atoms with Crippen LogP contribution >= 0.6 is 0 Å². The van der Waals surface area contributed by atoms with E-state index in [1.165, 1.54) is 14.7 Å². The van der Waals surface area contributed by atoms with E-state index in [9.17, 15) is 26.1 Å². The van der Waals surface area contributed by atoms with Crippen molar-refractivity contribution in [3.05, 3.63) is 109 Å². The van der Waals surface area contributed by atoms with E-state index in [0.29, 0.717) is 24.3 Å². The standard InChI is InChI=1S/C26H31O2S.C7H5F3O3S/c1-25(2,3)27-20-17-18-24(23(19-20)28-26(4,5)6)29(21-13-9-7-10-14-21)22-15-11-8-12-16-22;8-7(9,10)5-1-3-6(4-2-5)14(11,12)13/h7-19H,1-6H3;1-4H,(H,11,12,13)/q+1;/p-1. The van der Waals surface area contributed by atoms with Gasteiger partial charge in [-0.05, 0) is 96.1 Å². The monoisotopic (exact) mass is 632 g/mol. The second kappa shape index (κ2) is 13.4. The van der Waals surface area contributed by atoms with Crippen LogP contribution in [0.15, 0.2) is 123 Å². The molecule has 0 heterocycles. The molecule has 0 bridgehead atoms. The Kier molecular flexibility index (Phi) is 10.6. The van der Waals surface area contributed by atoms with E-state index in [2.05, 4.69) is 114 Å². The molecule has 0 aromatic heterocycles. The van der Waals surface area contributed by atoms with Gasteiger partial charge in [-0.3, -0.25) is 0 Å². The Morgan fingerprint density at radius 1 is 0.651 bits per heavy atom. The Hall–Kier alpha value is -3.47. The first kappa shape index (κ1) is 34.0. The van der Waals surface area contributed by atoms with Crippen molar-refractivity contribution < 1.29 is 35.6 Å². The van der Waals surface area contributed by atoms with Crippen molar-refractivity contribution in [2.24, 2.45) is 0 Å². The van der Waals surface area contributed by atoms with Crippen molar-refractivity contribution in [3.63, 3.8) is 0 Å². The van der Waals surface area contributed by atoms with Crippen LogP contribution in [0.5, 0.6) is 11.5 Å². The molecule has 10 heteroatoms. The lowest BCUT2D eigenvalue weighted by atomic mass is 10.2. The molecule has 0 N–H and O–H groups in total. The molecule has 43 heavy (non-hydrogen) atoms. The van der Waals surface area contributed by atoms with Gasteiger partial charge in [0.1, 0.15) is 38.0 Å². The molecule has 0 aliphatic carbocycles. The summed E-state index contributed by atoms with van der Waals surface area (Å²) in [5.74, 6) is 1.69. The second-order valence-electron chi connectivity index (χ2n) is 11.4. The first-order valence-electron chi connectivity index (χ1n) is 13.3. The molecule has 5 nitrogen and oxygen atoms in total. The van der Waals surface area contributed by atoms with Gasteiger partial charge >= 0.3 is 6.18 Å². The Morgan fingerprint density at radius 2 is 1.12 bits per heavy atom. The third-order valence-electron chi connectivity index (χ3n) is 5.40. The van der Waals surface area contributed by atoms with Gasteiger partial charge in [0.25, 0.3) is 0 Å². The van der Waals surface area contributed by atoms with Crippen LogP contribution in [0.1, 0.15) is 47.1 Å². The summed E-state index contributed by atoms with van der Waals surface area (Å²) in [6.07, 6.45) is -4.54. The molecule has 0 saturated carbocycles. The normalized spacial score (nSPS) is 12.3. The minimum absolute atomic E-state index is 0.263. The molecule has 0 saturated heterocycles. The number of hydrogen-bond acceptors (Lipinski definition) is 5. The number of rotatable bonds is 6. The third kappa shape index (κ3) is 10.6. The first-order chi connectivity index (χ1) is 19.8. The Balaban J connectivity index is 0.000000303. The summed E-state index contributed by atoms with van der Waals surface area (Å²) in [4.78, 5) is 3.02. The Morgan fingerprint density at radius 3 is 1.51 bits per heavy atom. The molecular formula is C33H35F3O5S2. The third-order valence-corrected chi connectivity index (χ3v) is 8.52. The fraction of sp³-hybridized carbons (Fsp3) is 0.273. The average Bonchev–Trinajstić information content (AvgIpc) is 2.89. The molecule has 4 rings (SSSR count). The molecule has 0 amide bonds. The van der Waals surface area contributed by atoms with Crippen molar-refractivity contribution in [1.82, 2.24) is 0 Å². The van der Waals surface area contributed by atoms with Crippen LogP contribution in [0.25, 0.3) is 0 Å². The van der Waals surface area contributed by atoms with E-state index in [1.807, 2.05) is 6.07 Å². The minimum Gasteiger partial charge on any atom is -0.744 e. The van der Waals surface area contributed by atoms with Crippen LogP contribution in [0.2, 0.25) is 0 Å². The topological polar surface area (TPSA) is 75.7 Å². The Labute approximate surface area is 254 Å². The van der Waals surface area contributed by atoms with Gasteiger partial charge in [0, 0.05) is 12.1 Å². The first-order valence-corrected chi connectivity index (χ1v) is 16.0. The van der Waals surface area contributed by atoms with Gasteiger partial charge in [-0.25, -0.2) is 8.42 Å². The highest BCUT2D eigenvalue weighted by Gasteiger charge is 2.34. The molecule has 4 aromatic rings. The van der Waals surface area contributed by atoms with Crippen LogP contribution in [0.4, 0.5) is 13.2 Å². The molecule has 0 unspecified atom stereocenters. The number of hydrogen-bond donors (Lipinski definition) is 0. The van der Waals surface area contributed by atoms with Gasteiger partial charge in [0.05, 0.1) is 10.5 Å². The van der Waals surface area contributed by atoms with Crippen molar-refractivity contribution in [2.45, 2.75) is 78.5 Å². The molecular weight excluding hydrogens is 597 g/mol. The summed E-state index contributed by atoms with van der Waals surface area (Å²) < 4.78 is 79.6. The fourth-order valence-electron chi connectivity index (χ4n) is 3.80. The molecule has 4 aromatic carbocycles. The highest BCUT2D eigenvalue weighted by Crippen LogP contribution is 2.40. The molecule has 230 valence electrons. The summed E-state index contributed by atoms with van der Waals surface area (Å²) in [7, 11) is -4.96. The van der Waals surface area contributed by atoms with Gasteiger partial charge < -0.3 is 14.0 Å². The predicted molar refractivity (Wildman–Crippen MR) is 162 cm³/mol. The minimum atomic E-state index is -4.68. The van der Waals surface area contributed by atoms with E-state index in [1.54, 1.807) is 0 Å². The summed E-state index contributed by atoms with van der Waals surface area (Å²) in [6, 6.07) is 29.9. The van der Waals surface area contributed by atoms with Crippen molar-refractivity contribution in [1.29, 1.82) is 0 Å². The maximum atomic E-state index is 12.0. The lowest BCUT2D eigenvalue weighted by Crippen LogP contribution is -2.25. The lowest BCUT2D eigenvalue weighted by molar-refractivity contribution is -0.137. The molecule has 0 spiro atoms. The largest absolute Gasteiger partial charge is 0.744 e. The average molecular weight is 633 g/mol. The quantitative estimate of drug-likeness (QED) is 0.157. The summed E-state index contributed by atoms with van der Waals surface area (Å²) in [5.41, 5.74) is -1.57. The Bertz CT molecular complexity index is 1540. The number of halogens is 3. The van der Waals surface area contributed by atoms with E-state index >= 15 is 0 Å². The van der Waals surface area contributed by atoms with Gasteiger partial charge in [0.15, 0.2) is 15.5 Å². The van der Waals surface area contributed by atoms with E-state index in [0.717, 1.165) is 11.5 Å². The number of ether oxygens (including phenoxy) is 2. The molecule has 0 radical (unpaired) electrons. The number of benzene rings is 4. The van der Waals surface area contributed by atoms with Crippen molar-refractivity contribution in [2.75, 3.05) is 0 Å². The maximum absolute atomic E-state index is 12.0. The van der Waals surface area contributed by atoms with Crippen LogP contribution < -0.4 is 9.47 Å². The summed E-state index contributed by atoms with van der Waals surface area (Å²) in [5, 5.41) is 0. The smallest absolute Gasteiger partial charge is 0.416 e. The van der Waals surface area contributed by atoms with Crippen LogP contribution in [-0.2, 0) is 27.2 Å². The van der Waals surface area contributed by atoms with E-state index in [-0.39, 0.29) is 22.1 Å². The fourth-order valence-corrected chi connectivity index (χ4v) is 6.41. The molecule has 0 aliphatic rings. The van der Waals surface area contributed by atoms with Crippen LogP contribution in [0, 0.1) is 0 Å². The van der Waals surface area contributed by atoms with Gasteiger partial charge in [0.2, 0.25) is 4.90 Å². The molecule has 0 aliphatic heterocycles. The SMILES string of the molecule is CC(C)(C)Oc1ccc([S+](c2ccccc2)c2ccccc2)c(OC(C)(C)C)c1.O=S(=O)([O-])c1ccc(C(F)(F)F)cc1. The van der Waals surface area contributed by atoms with Crippen LogP contribution in [-0.4, -0.2) is 24.2 Å². The van der Waals surface area contributed by atoms with Crippen LogP contribution in [0.3, 0.4) is 0 Å². The maximum Gasteiger partial charge on any atom is 0.416 e. The second-order valence-corrected chi connectivity index (χ2v) is 14.8. The highest BCUT2D eigenvalue weighted by atomic mass is 32.2. The van der Waals surface area contributed by atoms with Gasteiger partial charge in [-0.15, -0.1) is 0 Å². The molecule has 0 atom stereocenters. The summed E-state index contributed by atoms with van der Waals surface area (Å²) >= 11 is 0. The zero-order valence-electron chi connectivity index (χ0n) is 24.8. The molecule has 0 fully saturated rings. The van der Waals surface area contributed by atoms with E-state index < -0.39 is 26.8 Å². The predicted octanol–water partition coefficient (Wildman–Crippen LogP) is 8.75. The zero-order valence-corrected chi connectivity index (χ0v) is 26.4. The van der Waals surface area contributed by atoms with Crippen molar-refractivity contribution in [3.8, 4) is 11.5 Å². The lowest BCUT2D eigenvalue weighted by Gasteiger charge is -2.25. The zero-order chi connectivity index (χ0) is 32.1. The highest BCUT2D eigenvalue weighted by molar-refractivity contribution is 7.97. The van der Waals surface area contributed by atoms with Crippen molar-refractivity contribution >= 4 is 21.0 Å². The summed E-state index contributed by atoms with van der Waals surface area (Å²) in [6.45, 7) is 12.4. The number of alkyl halides is 3. The van der Waals surface area contributed by atoms with Gasteiger partial charge in [-0.2, -0.15) is 13.2 Å². The van der Waals surface area contributed by atoms with Gasteiger partial charge in [-0.1, -0.05) is 36.4 Å². The van der Waals surface area contributed by atoms with E-state index in [4.69, 9.17) is 9.47 Å².